The molecular weight excluding hydrogens is 366 g/mol. The number of aromatic nitrogens is 2. The molecule has 0 fully saturated rings. The van der Waals surface area contributed by atoms with Crippen LogP contribution in [0.4, 0.5) is 5.13 Å². The Balaban J connectivity index is 1.73. The predicted molar refractivity (Wildman–Crippen MR) is 101 cm³/mol. The maximum absolute atomic E-state index is 13.0. The molecular formula is C19H17N3O4S. The highest BCUT2D eigenvalue weighted by Gasteiger charge is 2.25. The van der Waals surface area contributed by atoms with Crippen molar-refractivity contribution in [3.63, 3.8) is 0 Å². The van der Waals surface area contributed by atoms with Gasteiger partial charge in [-0.05, 0) is 44.2 Å². The van der Waals surface area contributed by atoms with Crippen molar-refractivity contribution in [1.82, 2.24) is 10.1 Å². The third-order valence-corrected chi connectivity index (χ3v) is 4.91. The number of hydrogen-bond donors (Lipinski definition) is 0. The minimum Gasteiger partial charge on any atom is -0.494 e. The molecule has 0 bridgehead atoms. The molecule has 3 heterocycles. The van der Waals surface area contributed by atoms with Crippen molar-refractivity contribution in [2.75, 3.05) is 11.5 Å². The normalized spacial score (nSPS) is 11.0. The topological polar surface area (TPSA) is 81.6 Å². The van der Waals surface area contributed by atoms with Crippen LogP contribution in [0.2, 0.25) is 0 Å². The second-order valence-corrected chi connectivity index (χ2v) is 6.87. The number of nitrogens with zero attached hydrogens (tertiary/aromatic N) is 3. The fourth-order valence-electron chi connectivity index (χ4n) is 2.65. The Labute approximate surface area is 159 Å². The SMILES string of the molecule is CCOc1ccc2nc(N(Cc3ccco3)C(=O)c3cc(C)no3)sc2c1. The van der Waals surface area contributed by atoms with Crippen LogP contribution in [0.1, 0.15) is 28.9 Å². The molecule has 4 aromatic rings. The van der Waals surface area contributed by atoms with Gasteiger partial charge in [-0.3, -0.25) is 9.69 Å². The summed E-state index contributed by atoms with van der Waals surface area (Å²) in [7, 11) is 0. The van der Waals surface area contributed by atoms with Crippen LogP contribution in [0.15, 0.2) is 51.6 Å². The summed E-state index contributed by atoms with van der Waals surface area (Å²) in [5.74, 6) is 1.26. The Kier molecular flexibility index (Phi) is 4.64. The quantitative estimate of drug-likeness (QED) is 0.490. The van der Waals surface area contributed by atoms with Crippen molar-refractivity contribution < 1.29 is 18.5 Å². The van der Waals surface area contributed by atoms with Gasteiger partial charge in [-0.15, -0.1) is 0 Å². The van der Waals surface area contributed by atoms with Gasteiger partial charge in [-0.1, -0.05) is 16.5 Å². The minimum atomic E-state index is -0.323. The molecule has 0 spiro atoms. The Morgan fingerprint density at radius 1 is 1.30 bits per heavy atom. The molecule has 4 rings (SSSR count). The number of fused-ring (bicyclic) bond motifs is 1. The number of rotatable bonds is 6. The first-order valence-corrected chi connectivity index (χ1v) is 9.26. The molecule has 138 valence electrons. The third-order valence-electron chi connectivity index (χ3n) is 3.87. The van der Waals surface area contributed by atoms with Crippen LogP contribution in [0.25, 0.3) is 10.2 Å². The number of anilines is 1. The molecule has 7 nitrogen and oxygen atoms in total. The number of thiazole rings is 1. The molecule has 0 aliphatic carbocycles. The molecule has 0 unspecified atom stereocenters. The van der Waals surface area contributed by atoms with Crippen molar-refractivity contribution in [2.24, 2.45) is 0 Å². The lowest BCUT2D eigenvalue weighted by molar-refractivity contribution is 0.0947. The fourth-order valence-corrected chi connectivity index (χ4v) is 3.64. The van der Waals surface area contributed by atoms with Crippen LogP contribution in [-0.4, -0.2) is 22.7 Å². The molecule has 0 saturated heterocycles. The standard InChI is InChI=1S/C19H17N3O4S/c1-3-24-13-6-7-15-17(10-13)27-19(20-15)22(11-14-5-4-8-25-14)18(23)16-9-12(2)21-26-16/h4-10H,3,11H2,1-2H3. The maximum atomic E-state index is 13.0. The summed E-state index contributed by atoms with van der Waals surface area (Å²) in [5.41, 5.74) is 1.44. The number of aryl methyl sites for hydroxylation is 1. The van der Waals surface area contributed by atoms with Crippen molar-refractivity contribution >= 4 is 32.6 Å². The average molecular weight is 383 g/mol. The highest BCUT2D eigenvalue weighted by molar-refractivity contribution is 7.22. The van der Waals surface area contributed by atoms with Gasteiger partial charge in [0.05, 0.1) is 35.3 Å². The van der Waals surface area contributed by atoms with Gasteiger partial charge in [0, 0.05) is 6.07 Å². The molecule has 0 saturated carbocycles. The first-order chi connectivity index (χ1) is 13.1. The number of hydrogen-bond acceptors (Lipinski definition) is 7. The summed E-state index contributed by atoms with van der Waals surface area (Å²) < 4.78 is 17.1. The van der Waals surface area contributed by atoms with E-state index in [0.717, 1.165) is 16.0 Å². The minimum absolute atomic E-state index is 0.160. The second-order valence-electron chi connectivity index (χ2n) is 5.86. The summed E-state index contributed by atoms with van der Waals surface area (Å²) in [6.07, 6.45) is 1.57. The summed E-state index contributed by atoms with van der Waals surface area (Å²) in [6, 6.07) is 10.9. The van der Waals surface area contributed by atoms with Crippen LogP contribution < -0.4 is 9.64 Å². The van der Waals surface area contributed by atoms with Gasteiger partial charge in [-0.25, -0.2) is 4.98 Å². The van der Waals surface area contributed by atoms with Gasteiger partial charge in [0.2, 0.25) is 5.76 Å². The molecule has 8 heteroatoms. The molecule has 0 aliphatic rings. The Morgan fingerprint density at radius 2 is 2.19 bits per heavy atom. The molecule has 1 aromatic carbocycles. The van der Waals surface area contributed by atoms with E-state index in [9.17, 15) is 4.79 Å². The largest absolute Gasteiger partial charge is 0.494 e. The number of amides is 1. The second kappa shape index (κ2) is 7.24. The zero-order chi connectivity index (χ0) is 18.8. The van der Waals surface area contributed by atoms with Gasteiger partial charge in [-0.2, -0.15) is 0 Å². The van der Waals surface area contributed by atoms with Gasteiger partial charge in [0.15, 0.2) is 5.13 Å². The summed E-state index contributed by atoms with van der Waals surface area (Å²) in [6.45, 7) is 4.53. The van der Waals surface area contributed by atoms with E-state index in [4.69, 9.17) is 13.7 Å². The van der Waals surface area contributed by atoms with Crippen molar-refractivity contribution in [3.05, 3.63) is 59.9 Å². The first kappa shape index (κ1) is 17.3. The van der Waals surface area contributed by atoms with Crippen LogP contribution in [0, 0.1) is 6.92 Å². The molecule has 1 amide bonds. The monoisotopic (exact) mass is 383 g/mol. The van der Waals surface area contributed by atoms with E-state index in [1.165, 1.54) is 16.2 Å². The number of furan rings is 1. The highest BCUT2D eigenvalue weighted by Crippen LogP contribution is 2.33. The van der Waals surface area contributed by atoms with Crippen molar-refractivity contribution in [2.45, 2.75) is 20.4 Å². The van der Waals surface area contributed by atoms with Crippen LogP contribution in [-0.2, 0) is 6.54 Å². The lowest BCUT2D eigenvalue weighted by atomic mass is 10.3. The average Bonchev–Trinajstić information content (AvgIpc) is 3.39. The Morgan fingerprint density at radius 3 is 2.89 bits per heavy atom. The van der Waals surface area contributed by atoms with E-state index in [0.29, 0.717) is 23.2 Å². The molecule has 0 aliphatic heterocycles. The molecule has 27 heavy (non-hydrogen) atoms. The van der Waals surface area contributed by atoms with E-state index in [1.807, 2.05) is 31.2 Å². The summed E-state index contributed by atoms with van der Waals surface area (Å²) in [5, 5.41) is 4.36. The van der Waals surface area contributed by atoms with Gasteiger partial charge in [0.25, 0.3) is 5.91 Å². The zero-order valence-corrected chi connectivity index (χ0v) is 15.7. The molecule has 0 radical (unpaired) electrons. The van der Waals surface area contributed by atoms with Crippen LogP contribution in [0.3, 0.4) is 0 Å². The van der Waals surface area contributed by atoms with Gasteiger partial charge >= 0.3 is 0 Å². The van der Waals surface area contributed by atoms with E-state index < -0.39 is 0 Å². The highest BCUT2D eigenvalue weighted by atomic mass is 32.1. The lowest BCUT2D eigenvalue weighted by Gasteiger charge is -2.16. The van der Waals surface area contributed by atoms with E-state index in [2.05, 4.69) is 10.1 Å². The molecule has 0 atom stereocenters. The number of ether oxygens (including phenoxy) is 1. The summed E-state index contributed by atoms with van der Waals surface area (Å²) in [4.78, 5) is 19.2. The maximum Gasteiger partial charge on any atom is 0.299 e. The van der Waals surface area contributed by atoms with Crippen molar-refractivity contribution in [3.8, 4) is 5.75 Å². The lowest BCUT2D eigenvalue weighted by Crippen LogP contribution is -2.29. The fraction of sp³-hybridized carbons (Fsp3) is 0.211. The third kappa shape index (κ3) is 3.56. The Bertz CT molecular complexity index is 1070. The first-order valence-electron chi connectivity index (χ1n) is 8.45. The Hall–Kier alpha value is -3.13. The van der Waals surface area contributed by atoms with Crippen LogP contribution in [0.5, 0.6) is 5.75 Å². The summed E-state index contributed by atoms with van der Waals surface area (Å²) >= 11 is 1.41. The van der Waals surface area contributed by atoms with Gasteiger partial charge < -0.3 is 13.7 Å². The number of carbonyl (C=O) groups excluding carboxylic acids is 1. The van der Waals surface area contributed by atoms with E-state index >= 15 is 0 Å². The number of carbonyl (C=O) groups is 1. The van der Waals surface area contributed by atoms with E-state index in [-0.39, 0.29) is 18.2 Å². The van der Waals surface area contributed by atoms with Crippen LogP contribution >= 0.6 is 11.3 Å². The zero-order valence-electron chi connectivity index (χ0n) is 14.8. The molecule has 3 aromatic heterocycles. The molecule has 0 N–H and O–H groups in total. The van der Waals surface area contributed by atoms with E-state index in [1.54, 1.807) is 25.3 Å². The van der Waals surface area contributed by atoms with Gasteiger partial charge in [0.1, 0.15) is 11.5 Å². The predicted octanol–water partition coefficient (Wildman–Crippen LogP) is 4.43. The smallest absolute Gasteiger partial charge is 0.299 e. The number of benzene rings is 1. The van der Waals surface area contributed by atoms with Crippen molar-refractivity contribution in [1.29, 1.82) is 0 Å².